The Morgan fingerprint density at radius 1 is 1.31 bits per heavy atom. The molecule has 1 aromatic carbocycles. The fourth-order valence-electron chi connectivity index (χ4n) is 4.48. The van der Waals surface area contributed by atoms with E-state index >= 15 is 0 Å². The summed E-state index contributed by atoms with van der Waals surface area (Å²) in [5.41, 5.74) is 0.550. The molecule has 1 atom stereocenters. The van der Waals surface area contributed by atoms with E-state index in [4.69, 9.17) is 20.2 Å². The van der Waals surface area contributed by atoms with Crippen molar-refractivity contribution in [1.82, 2.24) is 4.98 Å². The van der Waals surface area contributed by atoms with Crippen LogP contribution in [0.4, 0.5) is 0 Å². The predicted molar refractivity (Wildman–Crippen MR) is 111 cm³/mol. The van der Waals surface area contributed by atoms with Gasteiger partial charge in [0.05, 0.1) is 16.4 Å². The number of benzene rings is 1. The molecule has 3 aliphatic rings. The number of hydrogen-bond donors (Lipinski definition) is 1. The van der Waals surface area contributed by atoms with E-state index in [1.165, 1.54) is 10.4 Å². The van der Waals surface area contributed by atoms with Crippen LogP contribution in [0.2, 0.25) is 0 Å². The largest absolute Gasteiger partial charge is 0.586 e. The Kier molecular flexibility index (Phi) is 5.03. The molecule has 135 valence electrons. The number of thiocarbonyl (C=S) groups is 1. The fourth-order valence-corrected chi connectivity index (χ4v) is 5.77. The summed E-state index contributed by atoms with van der Waals surface area (Å²) in [6, 6.07) is 10.3. The van der Waals surface area contributed by atoms with Crippen LogP contribution < -0.4 is 0 Å². The van der Waals surface area contributed by atoms with Crippen LogP contribution in [0.5, 0.6) is 0 Å². The zero-order chi connectivity index (χ0) is 18.2. The van der Waals surface area contributed by atoms with Crippen molar-refractivity contribution >= 4 is 36.4 Å². The first kappa shape index (κ1) is 18.3. The molecule has 1 unspecified atom stereocenters. The van der Waals surface area contributed by atoms with Gasteiger partial charge < -0.3 is 9.50 Å². The second-order valence-electron chi connectivity index (χ2n) is 7.90. The molecular formula is C20H24BN2OS2. The standard InChI is InChI=1S/C20H24BN2OS2/c21-23-10-7-16(8-11-23)20(24,14-23)9-6-17(25)12-19-22-13-18(26-19)15-4-2-1-3-5-15/h1-5,13,16,24H,6-12,14H2. The Morgan fingerprint density at radius 2 is 2.04 bits per heavy atom. The van der Waals surface area contributed by atoms with E-state index in [0.29, 0.717) is 16.9 Å². The molecule has 0 aliphatic carbocycles. The van der Waals surface area contributed by atoms with E-state index in [2.05, 4.69) is 17.1 Å². The van der Waals surface area contributed by atoms with Gasteiger partial charge in [0.15, 0.2) is 0 Å². The number of thiazole rings is 1. The second kappa shape index (κ2) is 7.15. The van der Waals surface area contributed by atoms with Crippen LogP contribution in [0.15, 0.2) is 36.5 Å². The lowest BCUT2D eigenvalue weighted by molar-refractivity contribution is -0.846. The second-order valence-corrected chi connectivity index (χ2v) is 9.59. The third-order valence-electron chi connectivity index (χ3n) is 5.99. The van der Waals surface area contributed by atoms with Gasteiger partial charge in [-0.1, -0.05) is 42.5 Å². The van der Waals surface area contributed by atoms with Crippen molar-refractivity contribution in [2.75, 3.05) is 19.6 Å². The maximum atomic E-state index is 11.1. The van der Waals surface area contributed by atoms with E-state index in [-0.39, 0.29) is 0 Å². The molecule has 2 bridgehead atoms. The van der Waals surface area contributed by atoms with Crippen LogP contribution in [-0.2, 0) is 6.42 Å². The number of fused-ring (bicyclic) bond motifs is 3. The maximum Gasteiger partial charge on any atom is 0.113 e. The summed E-state index contributed by atoms with van der Waals surface area (Å²) < 4.78 is 0.534. The van der Waals surface area contributed by atoms with E-state index in [0.717, 1.165) is 55.1 Å². The minimum atomic E-state index is -0.645. The summed E-state index contributed by atoms with van der Waals surface area (Å²) in [5, 5.41) is 12.2. The Labute approximate surface area is 166 Å². The minimum absolute atomic E-state index is 0.387. The summed E-state index contributed by atoms with van der Waals surface area (Å²) in [6.07, 6.45) is 6.21. The molecule has 3 aliphatic heterocycles. The van der Waals surface area contributed by atoms with Crippen LogP contribution in [0.3, 0.4) is 0 Å². The SMILES string of the molecule is [B-][N+]12CCC(CC1)C(O)(CCC(=S)Cc1ncc(-c3ccccc3)s1)C2. The molecule has 6 heteroatoms. The van der Waals surface area contributed by atoms with Crippen LogP contribution in [0, 0.1) is 5.92 Å². The quantitative estimate of drug-likeness (QED) is 0.612. The van der Waals surface area contributed by atoms with Gasteiger partial charge in [0.25, 0.3) is 0 Å². The van der Waals surface area contributed by atoms with E-state index in [1.54, 1.807) is 11.3 Å². The van der Waals surface area contributed by atoms with Gasteiger partial charge in [-0.3, -0.25) is 0 Å². The normalized spacial score (nSPS) is 30.5. The minimum Gasteiger partial charge on any atom is -0.586 e. The molecule has 0 amide bonds. The van der Waals surface area contributed by atoms with Crippen molar-refractivity contribution < 1.29 is 9.50 Å². The first-order chi connectivity index (χ1) is 12.5. The number of rotatable bonds is 6. The van der Waals surface area contributed by atoms with Gasteiger partial charge in [-0.05, 0) is 36.1 Å². The fraction of sp³-hybridized carbons (Fsp3) is 0.500. The Balaban J connectivity index is 1.34. The first-order valence-electron chi connectivity index (χ1n) is 9.35. The number of piperidine rings is 3. The molecule has 0 spiro atoms. The van der Waals surface area contributed by atoms with Gasteiger partial charge in [0.1, 0.15) is 5.60 Å². The summed E-state index contributed by atoms with van der Waals surface area (Å²) in [6.45, 7) is 2.67. The number of hydrogen-bond acceptors (Lipinski definition) is 4. The number of quaternary nitrogens is 1. The Morgan fingerprint density at radius 3 is 2.73 bits per heavy atom. The van der Waals surface area contributed by atoms with Crippen LogP contribution >= 0.6 is 23.6 Å². The summed E-state index contributed by atoms with van der Waals surface area (Å²) in [4.78, 5) is 6.69. The van der Waals surface area contributed by atoms with Crippen LogP contribution in [-0.4, -0.2) is 52.6 Å². The third kappa shape index (κ3) is 3.79. The molecular weight excluding hydrogens is 359 g/mol. The zero-order valence-corrected chi connectivity index (χ0v) is 16.6. The molecule has 3 saturated heterocycles. The highest BCUT2D eigenvalue weighted by molar-refractivity contribution is 7.80. The number of aliphatic hydroxyl groups is 1. The van der Waals surface area contributed by atoms with Crippen LogP contribution in [0.25, 0.3) is 10.4 Å². The van der Waals surface area contributed by atoms with E-state index in [1.807, 2.05) is 24.4 Å². The van der Waals surface area contributed by atoms with Gasteiger partial charge in [-0.15, -0.1) is 11.3 Å². The molecule has 3 radical (unpaired) electrons. The van der Waals surface area contributed by atoms with Gasteiger partial charge >= 0.3 is 0 Å². The predicted octanol–water partition coefficient (Wildman–Crippen LogP) is 3.56. The van der Waals surface area contributed by atoms with Crippen molar-refractivity contribution in [2.24, 2.45) is 5.92 Å². The zero-order valence-electron chi connectivity index (χ0n) is 14.9. The maximum absolute atomic E-state index is 11.1. The highest BCUT2D eigenvalue weighted by Gasteiger charge is 2.47. The van der Waals surface area contributed by atoms with Crippen molar-refractivity contribution in [2.45, 2.75) is 37.7 Å². The van der Waals surface area contributed by atoms with E-state index < -0.39 is 5.60 Å². The molecule has 3 nitrogen and oxygen atoms in total. The smallest absolute Gasteiger partial charge is 0.113 e. The lowest BCUT2D eigenvalue weighted by Crippen LogP contribution is -2.68. The lowest BCUT2D eigenvalue weighted by atomic mass is 9.69. The van der Waals surface area contributed by atoms with Crippen molar-refractivity contribution in [3.8, 4) is 10.4 Å². The Hall–Kier alpha value is -1.08. The van der Waals surface area contributed by atoms with Crippen LogP contribution in [0.1, 0.15) is 30.7 Å². The molecule has 0 saturated carbocycles. The summed E-state index contributed by atoms with van der Waals surface area (Å²) in [7, 11) is 6.40. The molecule has 26 heavy (non-hydrogen) atoms. The third-order valence-corrected chi connectivity index (χ3v) is 7.39. The number of nitrogens with zero attached hydrogens (tertiary/aromatic N) is 2. The molecule has 2 aromatic rings. The van der Waals surface area contributed by atoms with Gasteiger partial charge in [0, 0.05) is 31.6 Å². The van der Waals surface area contributed by atoms with E-state index in [9.17, 15) is 5.11 Å². The molecule has 3 fully saturated rings. The van der Waals surface area contributed by atoms with Gasteiger partial charge in [0.2, 0.25) is 0 Å². The average molecular weight is 383 g/mol. The van der Waals surface area contributed by atoms with Gasteiger partial charge in [-0.25, -0.2) is 13.0 Å². The monoisotopic (exact) mass is 383 g/mol. The topological polar surface area (TPSA) is 33.1 Å². The summed E-state index contributed by atoms with van der Waals surface area (Å²) in [5.74, 6) is 0.387. The average Bonchev–Trinajstić information content (AvgIpc) is 3.09. The number of aromatic nitrogens is 1. The Bertz CT molecular complexity index is 786. The first-order valence-corrected chi connectivity index (χ1v) is 10.6. The van der Waals surface area contributed by atoms with Crippen molar-refractivity contribution in [3.05, 3.63) is 41.5 Å². The molecule has 1 aromatic heterocycles. The molecule has 1 N–H and O–H groups in total. The highest BCUT2D eigenvalue weighted by Crippen LogP contribution is 2.41. The van der Waals surface area contributed by atoms with Gasteiger partial charge in [-0.2, -0.15) is 0 Å². The lowest BCUT2D eigenvalue weighted by Gasteiger charge is -2.64. The molecule has 5 rings (SSSR count). The van der Waals surface area contributed by atoms with Crippen molar-refractivity contribution in [1.29, 1.82) is 0 Å². The summed E-state index contributed by atoms with van der Waals surface area (Å²) >= 11 is 7.32. The highest BCUT2D eigenvalue weighted by atomic mass is 32.1. The molecule has 4 heterocycles. The van der Waals surface area contributed by atoms with Crippen molar-refractivity contribution in [3.63, 3.8) is 0 Å².